The molecule has 0 radical (unpaired) electrons. The molecule has 0 fully saturated rings. The summed E-state index contributed by atoms with van der Waals surface area (Å²) >= 11 is 0. The lowest BCUT2D eigenvalue weighted by molar-refractivity contribution is -0.121. The molecular formula is C13H19N5O2. The van der Waals surface area contributed by atoms with Gasteiger partial charge in [-0.25, -0.2) is 4.98 Å². The van der Waals surface area contributed by atoms with Gasteiger partial charge in [-0.15, -0.1) is 0 Å². The fourth-order valence-corrected chi connectivity index (χ4v) is 1.78. The monoisotopic (exact) mass is 277 g/mol. The first-order chi connectivity index (χ1) is 9.78. The lowest BCUT2D eigenvalue weighted by Crippen LogP contribution is -2.26. The largest absolute Gasteiger partial charge is 0.356 e. The van der Waals surface area contributed by atoms with Crippen molar-refractivity contribution in [3.63, 3.8) is 0 Å². The van der Waals surface area contributed by atoms with Gasteiger partial charge in [-0.1, -0.05) is 12.1 Å². The van der Waals surface area contributed by atoms with Gasteiger partial charge in [0.1, 0.15) is 0 Å². The lowest BCUT2D eigenvalue weighted by Gasteiger charge is -2.02. The van der Waals surface area contributed by atoms with E-state index in [4.69, 9.17) is 4.52 Å². The van der Waals surface area contributed by atoms with Crippen LogP contribution >= 0.6 is 0 Å². The highest BCUT2D eigenvalue weighted by Gasteiger charge is 2.08. The average molecular weight is 277 g/mol. The van der Waals surface area contributed by atoms with Crippen molar-refractivity contribution in [2.24, 2.45) is 0 Å². The number of aromatic amines is 1. The Morgan fingerprint density at radius 3 is 3.05 bits per heavy atom. The molecule has 0 spiro atoms. The maximum Gasteiger partial charge on any atom is 0.227 e. The van der Waals surface area contributed by atoms with E-state index in [-0.39, 0.29) is 5.91 Å². The van der Waals surface area contributed by atoms with Gasteiger partial charge < -0.3 is 14.8 Å². The van der Waals surface area contributed by atoms with Crippen LogP contribution in [0.4, 0.5) is 0 Å². The summed E-state index contributed by atoms with van der Waals surface area (Å²) < 4.78 is 5.08. The molecule has 2 aromatic heterocycles. The number of aryl methyl sites for hydroxylation is 2. The van der Waals surface area contributed by atoms with Gasteiger partial charge in [-0.05, 0) is 6.42 Å². The fraction of sp³-hybridized carbons (Fsp3) is 0.538. The minimum atomic E-state index is -0.0141. The van der Waals surface area contributed by atoms with Crippen LogP contribution in [0.25, 0.3) is 0 Å². The van der Waals surface area contributed by atoms with E-state index in [1.54, 1.807) is 12.5 Å². The molecule has 20 heavy (non-hydrogen) atoms. The second-order valence-corrected chi connectivity index (χ2v) is 4.53. The van der Waals surface area contributed by atoms with Gasteiger partial charge in [-0.3, -0.25) is 4.79 Å². The van der Waals surface area contributed by atoms with Crippen molar-refractivity contribution >= 4 is 5.91 Å². The Morgan fingerprint density at radius 2 is 2.30 bits per heavy atom. The molecule has 7 nitrogen and oxygen atoms in total. The van der Waals surface area contributed by atoms with Crippen molar-refractivity contribution in [3.05, 3.63) is 29.9 Å². The van der Waals surface area contributed by atoms with E-state index >= 15 is 0 Å². The molecule has 7 heteroatoms. The molecule has 2 N–H and O–H groups in total. The Labute approximate surface area is 117 Å². The van der Waals surface area contributed by atoms with Crippen molar-refractivity contribution in [1.82, 2.24) is 25.4 Å². The van der Waals surface area contributed by atoms with Crippen LogP contribution in [-0.2, 0) is 24.1 Å². The first-order valence-corrected chi connectivity index (χ1v) is 6.83. The number of carbonyl (C=O) groups is 1. The highest BCUT2D eigenvalue weighted by molar-refractivity contribution is 5.75. The fourth-order valence-electron chi connectivity index (χ4n) is 1.78. The number of imidazole rings is 1. The van der Waals surface area contributed by atoms with Gasteiger partial charge in [0.2, 0.25) is 11.8 Å². The minimum absolute atomic E-state index is 0.0141. The van der Waals surface area contributed by atoms with E-state index in [1.165, 1.54) is 0 Å². The van der Waals surface area contributed by atoms with Crippen molar-refractivity contribution < 1.29 is 9.32 Å². The van der Waals surface area contributed by atoms with Crippen LogP contribution in [-0.4, -0.2) is 32.6 Å². The van der Waals surface area contributed by atoms with E-state index in [2.05, 4.69) is 32.3 Å². The van der Waals surface area contributed by atoms with Gasteiger partial charge in [-0.2, -0.15) is 4.98 Å². The highest BCUT2D eigenvalue weighted by Crippen LogP contribution is 2.03. The quantitative estimate of drug-likeness (QED) is 0.751. The normalized spacial score (nSPS) is 10.7. The molecule has 0 aliphatic carbocycles. The highest BCUT2D eigenvalue weighted by atomic mass is 16.5. The van der Waals surface area contributed by atoms with E-state index in [9.17, 15) is 4.79 Å². The van der Waals surface area contributed by atoms with Gasteiger partial charge in [0, 0.05) is 44.1 Å². The Bertz CT molecular complexity index is 521. The summed E-state index contributed by atoms with van der Waals surface area (Å²) in [6.07, 6.45) is 6.74. The van der Waals surface area contributed by atoms with Crippen LogP contribution in [0.15, 0.2) is 17.0 Å². The Hall–Kier alpha value is -2.18. The summed E-state index contributed by atoms with van der Waals surface area (Å²) in [6, 6.07) is 0. The van der Waals surface area contributed by atoms with Gasteiger partial charge in [0.05, 0.1) is 6.33 Å². The zero-order valence-corrected chi connectivity index (χ0v) is 11.6. The van der Waals surface area contributed by atoms with Crippen molar-refractivity contribution in [2.45, 2.75) is 39.0 Å². The first-order valence-electron chi connectivity index (χ1n) is 6.83. The molecule has 0 aromatic carbocycles. The summed E-state index contributed by atoms with van der Waals surface area (Å²) in [5, 5.41) is 6.70. The third-order valence-corrected chi connectivity index (χ3v) is 2.82. The summed E-state index contributed by atoms with van der Waals surface area (Å²) in [4.78, 5) is 22.8. The van der Waals surface area contributed by atoms with Crippen LogP contribution in [0.3, 0.4) is 0 Å². The average Bonchev–Trinajstić information content (AvgIpc) is 3.08. The number of hydrogen-bond donors (Lipinski definition) is 2. The maximum absolute atomic E-state index is 11.7. The van der Waals surface area contributed by atoms with Crippen LogP contribution in [0.2, 0.25) is 0 Å². The van der Waals surface area contributed by atoms with Crippen LogP contribution in [0.1, 0.15) is 37.2 Å². The Balaban J connectivity index is 1.64. The molecule has 0 saturated heterocycles. The van der Waals surface area contributed by atoms with Crippen LogP contribution in [0.5, 0.6) is 0 Å². The lowest BCUT2D eigenvalue weighted by atomic mass is 10.2. The van der Waals surface area contributed by atoms with Crippen molar-refractivity contribution in [1.29, 1.82) is 0 Å². The van der Waals surface area contributed by atoms with Gasteiger partial charge in [0.25, 0.3) is 0 Å². The third-order valence-electron chi connectivity index (χ3n) is 2.82. The SMILES string of the molecule is CCCc1noc(CCC(=O)NCCc2cnc[nH]2)n1. The second kappa shape index (κ2) is 7.42. The zero-order chi connectivity index (χ0) is 14.2. The standard InChI is InChI=1S/C13H19N5O2/c1-2-3-11-17-13(20-18-11)5-4-12(19)15-7-6-10-8-14-9-16-10/h8-9H,2-7H2,1H3,(H,14,16)(H,15,19). The number of carbonyl (C=O) groups excluding carboxylic acids is 1. The summed E-state index contributed by atoms with van der Waals surface area (Å²) in [5.74, 6) is 1.22. The van der Waals surface area contributed by atoms with Gasteiger partial charge >= 0.3 is 0 Å². The predicted octanol–water partition coefficient (Wildman–Crippen LogP) is 1.04. The molecule has 0 atom stereocenters. The topological polar surface area (TPSA) is 96.7 Å². The predicted molar refractivity (Wildman–Crippen MR) is 71.9 cm³/mol. The Morgan fingerprint density at radius 1 is 1.40 bits per heavy atom. The van der Waals surface area contributed by atoms with Crippen LogP contribution < -0.4 is 5.32 Å². The van der Waals surface area contributed by atoms with E-state index < -0.39 is 0 Å². The molecule has 1 amide bonds. The van der Waals surface area contributed by atoms with E-state index in [1.807, 2.05) is 0 Å². The second-order valence-electron chi connectivity index (χ2n) is 4.53. The molecule has 108 valence electrons. The molecular weight excluding hydrogens is 258 g/mol. The van der Waals surface area contributed by atoms with Crippen molar-refractivity contribution in [2.75, 3.05) is 6.54 Å². The molecule has 0 aliphatic heterocycles. The van der Waals surface area contributed by atoms with Gasteiger partial charge in [0.15, 0.2) is 5.82 Å². The number of amides is 1. The molecule has 0 aliphatic rings. The molecule has 2 aromatic rings. The summed E-state index contributed by atoms with van der Waals surface area (Å²) in [5.41, 5.74) is 1.01. The van der Waals surface area contributed by atoms with Crippen molar-refractivity contribution in [3.8, 4) is 0 Å². The number of nitrogens with one attached hydrogen (secondary N) is 2. The molecule has 2 heterocycles. The smallest absolute Gasteiger partial charge is 0.227 e. The number of hydrogen-bond acceptors (Lipinski definition) is 5. The number of nitrogens with zero attached hydrogens (tertiary/aromatic N) is 3. The number of H-pyrrole nitrogens is 1. The number of aromatic nitrogens is 4. The molecule has 0 unspecified atom stereocenters. The van der Waals surface area contributed by atoms with E-state index in [0.717, 1.165) is 25.0 Å². The molecule has 0 bridgehead atoms. The maximum atomic E-state index is 11.7. The van der Waals surface area contributed by atoms with Crippen LogP contribution in [0, 0.1) is 0 Å². The summed E-state index contributed by atoms with van der Waals surface area (Å²) in [6.45, 7) is 2.65. The van der Waals surface area contributed by atoms with E-state index in [0.29, 0.717) is 31.1 Å². The number of rotatable bonds is 8. The molecule has 0 saturated carbocycles. The minimum Gasteiger partial charge on any atom is -0.356 e. The summed E-state index contributed by atoms with van der Waals surface area (Å²) in [7, 11) is 0. The molecule has 2 rings (SSSR count). The third kappa shape index (κ3) is 4.49. The Kier molecular flexibility index (Phi) is 5.28. The first kappa shape index (κ1) is 14.2. The zero-order valence-electron chi connectivity index (χ0n) is 11.6.